The van der Waals surface area contributed by atoms with Gasteiger partial charge in [0.05, 0.1) is 6.04 Å². The van der Waals surface area contributed by atoms with Crippen molar-refractivity contribution in [3.8, 4) is 0 Å². The molecule has 19 heavy (non-hydrogen) atoms. The molecule has 0 aromatic carbocycles. The normalized spacial score (nSPS) is 29.2. The number of carbonyl (C=O) groups is 2. The van der Waals surface area contributed by atoms with E-state index in [0.717, 1.165) is 32.4 Å². The Balaban J connectivity index is 2.20. The highest BCUT2D eigenvalue weighted by Gasteiger charge is 2.41. The van der Waals surface area contributed by atoms with Crippen molar-refractivity contribution < 1.29 is 14.7 Å². The number of amides is 1. The van der Waals surface area contributed by atoms with Crippen molar-refractivity contribution >= 4 is 11.9 Å². The van der Waals surface area contributed by atoms with Gasteiger partial charge in [0.15, 0.2) is 0 Å². The summed E-state index contributed by atoms with van der Waals surface area (Å²) in [4.78, 5) is 23.9. The van der Waals surface area contributed by atoms with Crippen LogP contribution in [0, 0.1) is 0 Å². The van der Waals surface area contributed by atoms with E-state index in [4.69, 9.17) is 0 Å². The van der Waals surface area contributed by atoms with Crippen LogP contribution in [0.15, 0.2) is 0 Å². The molecule has 0 radical (unpaired) electrons. The van der Waals surface area contributed by atoms with Gasteiger partial charge in [0.2, 0.25) is 0 Å². The van der Waals surface area contributed by atoms with Gasteiger partial charge in [-0.05, 0) is 25.7 Å². The molecule has 0 aromatic heterocycles. The van der Waals surface area contributed by atoms with Gasteiger partial charge in [0.1, 0.15) is 6.04 Å². The predicted octanol–water partition coefficient (Wildman–Crippen LogP) is 0.439. The third kappa shape index (κ3) is 3.06. The zero-order chi connectivity index (χ0) is 14.0. The Morgan fingerprint density at radius 2 is 1.95 bits per heavy atom. The van der Waals surface area contributed by atoms with E-state index in [2.05, 4.69) is 5.32 Å². The molecule has 2 rings (SSSR count). The van der Waals surface area contributed by atoms with Crippen LogP contribution in [0.5, 0.6) is 0 Å². The van der Waals surface area contributed by atoms with Crippen LogP contribution in [0.4, 0.5) is 0 Å². The highest BCUT2D eigenvalue weighted by atomic mass is 16.4. The highest BCUT2D eigenvalue weighted by Crippen LogP contribution is 2.24. The lowest BCUT2D eigenvalue weighted by Gasteiger charge is -2.42. The summed E-state index contributed by atoms with van der Waals surface area (Å²) in [5, 5.41) is 16.0. The monoisotopic (exact) mass is 269 g/mol. The van der Waals surface area contributed by atoms with Crippen LogP contribution >= 0.6 is 0 Å². The van der Waals surface area contributed by atoms with Crippen LogP contribution in [-0.4, -0.2) is 58.2 Å². The summed E-state index contributed by atoms with van der Waals surface area (Å²) >= 11 is 0. The minimum Gasteiger partial charge on any atom is -0.480 e. The van der Waals surface area contributed by atoms with Crippen molar-refractivity contribution in [3.05, 3.63) is 0 Å². The summed E-state index contributed by atoms with van der Waals surface area (Å²) < 4.78 is 0. The molecule has 2 N–H and O–H groups in total. The second-order valence-electron chi connectivity index (χ2n) is 5.65. The Morgan fingerprint density at radius 3 is 2.53 bits per heavy atom. The van der Waals surface area contributed by atoms with Gasteiger partial charge in [-0.15, -0.1) is 0 Å². The van der Waals surface area contributed by atoms with Gasteiger partial charge in [-0.1, -0.05) is 13.8 Å². The van der Waals surface area contributed by atoms with E-state index in [0.29, 0.717) is 6.42 Å². The molecular weight excluding hydrogens is 246 g/mol. The molecule has 2 fully saturated rings. The number of aliphatic carboxylic acids is 1. The van der Waals surface area contributed by atoms with Crippen LogP contribution in [0.1, 0.15) is 39.5 Å². The topological polar surface area (TPSA) is 72.9 Å². The van der Waals surface area contributed by atoms with Gasteiger partial charge in [-0.3, -0.25) is 9.80 Å². The van der Waals surface area contributed by atoms with Crippen LogP contribution in [0.3, 0.4) is 0 Å². The van der Waals surface area contributed by atoms with E-state index in [1.807, 2.05) is 18.9 Å². The van der Waals surface area contributed by atoms with Crippen molar-refractivity contribution in [2.24, 2.45) is 0 Å². The van der Waals surface area contributed by atoms with Crippen molar-refractivity contribution in [2.75, 3.05) is 13.1 Å². The molecule has 0 unspecified atom stereocenters. The van der Waals surface area contributed by atoms with Crippen molar-refractivity contribution in [1.29, 1.82) is 0 Å². The van der Waals surface area contributed by atoms with E-state index in [1.54, 1.807) is 0 Å². The standard InChI is InChI=1S/C13H23N3O3/c1-9(2)14-10-5-3-7-15-8-4-6-11(13(18)19)16(15)12(10)17/h9-11,14H,3-8H2,1-2H3,(H,18,19)/t10-,11-/m0/s1. The Kier molecular flexibility index (Phi) is 4.42. The van der Waals surface area contributed by atoms with Gasteiger partial charge in [-0.2, -0.15) is 0 Å². The number of hydrogen-bond donors (Lipinski definition) is 2. The average molecular weight is 269 g/mol. The van der Waals surface area contributed by atoms with Gasteiger partial charge in [0, 0.05) is 19.1 Å². The summed E-state index contributed by atoms with van der Waals surface area (Å²) in [5.74, 6) is -0.985. The minimum absolute atomic E-state index is 0.0849. The van der Waals surface area contributed by atoms with Gasteiger partial charge in [-0.25, -0.2) is 9.80 Å². The van der Waals surface area contributed by atoms with Gasteiger partial charge in [0.25, 0.3) is 5.91 Å². The fourth-order valence-electron chi connectivity index (χ4n) is 2.95. The molecule has 2 aliphatic rings. The molecule has 0 bridgehead atoms. The fourth-order valence-corrected chi connectivity index (χ4v) is 2.95. The highest BCUT2D eigenvalue weighted by molar-refractivity contribution is 5.87. The second-order valence-corrected chi connectivity index (χ2v) is 5.65. The first-order valence-electron chi connectivity index (χ1n) is 7.07. The van der Waals surface area contributed by atoms with E-state index >= 15 is 0 Å². The lowest BCUT2D eigenvalue weighted by Crippen LogP contribution is -2.61. The number of carbonyl (C=O) groups excluding carboxylic acids is 1. The quantitative estimate of drug-likeness (QED) is 0.778. The molecule has 2 saturated heterocycles. The number of nitrogens with zero attached hydrogens (tertiary/aromatic N) is 2. The summed E-state index contributed by atoms with van der Waals surface area (Å²) in [6.45, 7) is 5.55. The largest absolute Gasteiger partial charge is 0.480 e. The van der Waals surface area contributed by atoms with Crippen molar-refractivity contribution in [2.45, 2.75) is 57.7 Å². The molecule has 0 aromatic rings. The molecule has 6 heteroatoms. The number of fused-ring (bicyclic) bond motifs is 1. The van der Waals surface area contributed by atoms with Crippen LogP contribution in [-0.2, 0) is 9.59 Å². The first-order chi connectivity index (χ1) is 9.00. The first kappa shape index (κ1) is 14.3. The predicted molar refractivity (Wildman–Crippen MR) is 70.4 cm³/mol. The Morgan fingerprint density at radius 1 is 1.32 bits per heavy atom. The zero-order valence-corrected chi connectivity index (χ0v) is 11.6. The lowest BCUT2D eigenvalue weighted by molar-refractivity contribution is -0.174. The van der Waals surface area contributed by atoms with Crippen molar-refractivity contribution in [3.63, 3.8) is 0 Å². The maximum atomic E-state index is 12.6. The second kappa shape index (κ2) is 5.88. The number of carboxylic acid groups (broad SMARTS) is 1. The van der Waals surface area contributed by atoms with E-state index in [-0.39, 0.29) is 18.0 Å². The van der Waals surface area contributed by atoms with E-state index < -0.39 is 12.0 Å². The summed E-state index contributed by atoms with van der Waals surface area (Å²) in [7, 11) is 0. The first-order valence-corrected chi connectivity index (χ1v) is 7.07. The molecule has 108 valence electrons. The molecule has 2 atom stereocenters. The van der Waals surface area contributed by atoms with Gasteiger partial charge < -0.3 is 10.4 Å². The molecule has 6 nitrogen and oxygen atoms in total. The lowest BCUT2D eigenvalue weighted by atomic mass is 10.1. The SMILES string of the molecule is CC(C)N[C@H]1CCCN2CCC[C@@H](C(=O)O)N2C1=O. The summed E-state index contributed by atoms with van der Waals surface area (Å²) in [6, 6.07) is -0.741. The number of rotatable bonds is 3. The molecule has 0 aliphatic carbocycles. The van der Waals surface area contributed by atoms with Crippen molar-refractivity contribution in [1.82, 2.24) is 15.3 Å². The van der Waals surface area contributed by atoms with Crippen LogP contribution < -0.4 is 5.32 Å². The maximum absolute atomic E-state index is 12.6. The Hall–Kier alpha value is -1.14. The number of nitrogens with one attached hydrogen (secondary N) is 1. The summed E-state index contributed by atoms with van der Waals surface area (Å²) in [6.07, 6.45) is 3.07. The van der Waals surface area contributed by atoms with E-state index in [1.165, 1.54) is 5.01 Å². The zero-order valence-electron chi connectivity index (χ0n) is 11.6. The van der Waals surface area contributed by atoms with E-state index in [9.17, 15) is 14.7 Å². The summed E-state index contributed by atoms with van der Waals surface area (Å²) in [5.41, 5.74) is 0. The molecule has 2 aliphatic heterocycles. The third-order valence-electron chi connectivity index (χ3n) is 3.75. The third-order valence-corrected chi connectivity index (χ3v) is 3.75. The molecule has 1 amide bonds. The number of hydrogen-bond acceptors (Lipinski definition) is 4. The Labute approximate surface area is 113 Å². The molecule has 0 saturated carbocycles. The minimum atomic E-state index is -0.900. The number of carboxylic acids is 1. The smallest absolute Gasteiger partial charge is 0.328 e. The molecule has 2 heterocycles. The van der Waals surface area contributed by atoms with Crippen LogP contribution in [0.25, 0.3) is 0 Å². The fraction of sp³-hybridized carbons (Fsp3) is 0.846. The molecular formula is C13H23N3O3. The van der Waals surface area contributed by atoms with Crippen LogP contribution in [0.2, 0.25) is 0 Å². The molecule has 0 spiro atoms. The van der Waals surface area contributed by atoms with Gasteiger partial charge >= 0.3 is 5.97 Å². The maximum Gasteiger partial charge on any atom is 0.328 e. The average Bonchev–Trinajstić information content (AvgIpc) is 2.49. The Bertz CT molecular complexity index is 359. The number of hydrazine groups is 1.